The van der Waals surface area contributed by atoms with Gasteiger partial charge in [0, 0.05) is 19.5 Å². The van der Waals surface area contributed by atoms with E-state index in [9.17, 15) is 4.79 Å². The first-order valence-electron chi connectivity index (χ1n) is 8.49. The van der Waals surface area contributed by atoms with Crippen LogP contribution in [0.2, 0.25) is 0 Å². The van der Waals surface area contributed by atoms with E-state index in [1.54, 1.807) is 0 Å². The molecular formula is C21H28N2O. The van der Waals surface area contributed by atoms with Gasteiger partial charge >= 0.3 is 0 Å². The van der Waals surface area contributed by atoms with Crippen LogP contribution in [0.25, 0.3) is 0 Å². The van der Waals surface area contributed by atoms with Gasteiger partial charge < -0.3 is 10.2 Å². The maximum atomic E-state index is 12.1. The molecule has 3 heteroatoms. The smallest absolute Gasteiger partial charge is 0.220 e. The summed E-state index contributed by atoms with van der Waals surface area (Å²) in [6.45, 7) is 5.72. The molecule has 0 spiro atoms. The molecule has 0 radical (unpaired) electrons. The second kappa shape index (κ2) is 8.65. The highest BCUT2D eigenvalue weighted by Crippen LogP contribution is 2.12. The first kappa shape index (κ1) is 18.2. The quantitative estimate of drug-likeness (QED) is 0.844. The largest absolute Gasteiger partial charge is 0.352 e. The Bertz CT molecular complexity index is 675. The van der Waals surface area contributed by atoms with E-state index >= 15 is 0 Å². The Morgan fingerprint density at radius 1 is 1.00 bits per heavy atom. The highest BCUT2D eigenvalue weighted by atomic mass is 16.1. The van der Waals surface area contributed by atoms with Gasteiger partial charge in [0.15, 0.2) is 0 Å². The second-order valence-electron chi connectivity index (χ2n) is 6.76. The maximum Gasteiger partial charge on any atom is 0.220 e. The van der Waals surface area contributed by atoms with Crippen molar-refractivity contribution in [1.82, 2.24) is 10.2 Å². The van der Waals surface area contributed by atoms with Gasteiger partial charge in [-0.1, -0.05) is 48.0 Å². The van der Waals surface area contributed by atoms with Crippen molar-refractivity contribution in [1.29, 1.82) is 0 Å². The SMILES string of the molecule is Cc1ccc(CCC(=O)NCc2ccc(CN(C)C)cc2)c(C)c1. The Hall–Kier alpha value is -2.13. The van der Waals surface area contributed by atoms with Gasteiger partial charge in [-0.05, 0) is 56.6 Å². The van der Waals surface area contributed by atoms with Gasteiger partial charge in [-0.2, -0.15) is 0 Å². The van der Waals surface area contributed by atoms with Crippen LogP contribution in [-0.4, -0.2) is 24.9 Å². The van der Waals surface area contributed by atoms with Crippen LogP contribution in [0.15, 0.2) is 42.5 Å². The first-order chi connectivity index (χ1) is 11.4. The van der Waals surface area contributed by atoms with Crippen LogP contribution in [0, 0.1) is 13.8 Å². The third-order valence-electron chi connectivity index (χ3n) is 4.13. The summed E-state index contributed by atoms with van der Waals surface area (Å²) in [5, 5.41) is 3.01. The lowest BCUT2D eigenvalue weighted by Gasteiger charge is -2.11. The molecule has 0 atom stereocenters. The molecular weight excluding hydrogens is 296 g/mol. The molecule has 24 heavy (non-hydrogen) atoms. The highest BCUT2D eigenvalue weighted by molar-refractivity contribution is 5.76. The number of aryl methyl sites for hydroxylation is 3. The molecule has 1 N–H and O–H groups in total. The van der Waals surface area contributed by atoms with Crippen LogP contribution >= 0.6 is 0 Å². The Morgan fingerprint density at radius 3 is 2.29 bits per heavy atom. The molecule has 2 rings (SSSR count). The summed E-state index contributed by atoms with van der Waals surface area (Å²) in [7, 11) is 4.12. The molecule has 0 saturated heterocycles. The molecule has 3 nitrogen and oxygen atoms in total. The monoisotopic (exact) mass is 324 g/mol. The van der Waals surface area contributed by atoms with Crippen LogP contribution < -0.4 is 5.32 Å². The van der Waals surface area contributed by atoms with Crippen molar-refractivity contribution < 1.29 is 4.79 Å². The molecule has 0 aliphatic heterocycles. The third kappa shape index (κ3) is 5.82. The number of nitrogens with zero attached hydrogens (tertiary/aromatic N) is 1. The number of carbonyl (C=O) groups is 1. The minimum atomic E-state index is 0.104. The third-order valence-corrected chi connectivity index (χ3v) is 4.13. The van der Waals surface area contributed by atoms with E-state index in [1.807, 2.05) is 0 Å². The van der Waals surface area contributed by atoms with Crippen molar-refractivity contribution in [2.75, 3.05) is 14.1 Å². The van der Waals surface area contributed by atoms with Crippen molar-refractivity contribution in [3.63, 3.8) is 0 Å². The molecule has 128 valence electrons. The molecule has 0 aromatic heterocycles. The van der Waals surface area contributed by atoms with Crippen LogP contribution in [0.5, 0.6) is 0 Å². The van der Waals surface area contributed by atoms with Gasteiger partial charge in [0.05, 0.1) is 0 Å². The number of carbonyl (C=O) groups excluding carboxylic acids is 1. The summed E-state index contributed by atoms with van der Waals surface area (Å²) in [6.07, 6.45) is 1.32. The van der Waals surface area contributed by atoms with E-state index in [4.69, 9.17) is 0 Å². The number of benzene rings is 2. The summed E-state index contributed by atoms with van der Waals surface area (Å²) in [6, 6.07) is 14.8. The number of nitrogens with one attached hydrogen (secondary N) is 1. The number of amides is 1. The molecule has 2 aromatic carbocycles. The van der Waals surface area contributed by atoms with Gasteiger partial charge in [0.2, 0.25) is 5.91 Å². The normalized spacial score (nSPS) is 10.9. The zero-order valence-corrected chi connectivity index (χ0v) is 15.2. The lowest BCUT2D eigenvalue weighted by molar-refractivity contribution is -0.121. The van der Waals surface area contributed by atoms with Crippen LogP contribution in [0.4, 0.5) is 0 Å². The van der Waals surface area contributed by atoms with Crippen LogP contribution in [-0.2, 0) is 24.3 Å². The minimum Gasteiger partial charge on any atom is -0.352 e. The van der Waals surface area contributed by atoms with Gasteiger partial charge in [-0.3, -0.25) is 4.79 Å². The second-order valence-corrected chi connectivity index (χ2v) is 6.76. The average Bonchev–Trinajstić information content (AvgIpc) is 2.53. The molecule has 0 fully saturated rings. The zero-order valence-electron chi connectivity index (χ0n) is 15.2. The molecule has 0 aliphatic rings. The molecule has 0 saturated carbocycles. The minimum absolute atomic E-state index is 0.104. The van der Waals surface area contributed by atoms with E-state index in [1.165, 1.54) is 22.3 Å². The predicted octanol–water partition coefficient (Wildman–Crippen LogP) is 3.61. The van der Waals surface area contributed by atoms with E-state index in [0.717, 1.165) is 18.5 Å². The molecule has 2 aromatic rings. The standard InChI is InChI=1S/C21H28N2O/c1-16-5-10-20(17(2)13-16)11-12-21(24)22-14-18-6-8-19(9-7-18)15-23(3)4/h5-10,13H,11-12,14-15H2,1-4H3,(H,22,24). The highest BCUT2D eigenvalue weighted by Gasteiger charge is 2.05. The summed E-state index contributed by atoms with van der Waals surface area (Å²) in [5.74, 6) is 0.104. The van der Waals surface area contributed by atoms with E-state index in [-0.39, 0.29) is 5.91 Å². The first-order valence-corrected chi connectivity index (χ1v) is 8.49. The van der Waals surface area contributed by atoms with Gasteiger partial charge in [-0.25, -0.2) is 0 Å². The Kier molecular flexibility index (Phi) is 6.56. The van der Waals surface area contributed by atoms with E-state index < -0.39 is 0 Å². The average molecular weight is 324 g/mol. The molecule has 0 bridgehead atoms. The van der Waals surface area contributed by atoms with Gasteiger partial charge in [-0.15, -0.1) is 0 Å². The topological polar surface area (TPSA) is 32.3 Å². The fourth-order valence-corrected chi connectivity index (χ4v) is 2.79. The molecule has 0 heterocycles. The summed E-state index contributed by atoms with van der Waals surface area (Å²) in [4.78, 5) is 14.2. The Balaban J connectivity index is 1.78. The van der Waals surface area contributed by atoms with E-state index in [2.05, 4.69) is 80.6 Å². The van der Waals surface area contributed by atoms with Gasteiger partial charge in [0.1, 0.15) is 0 Å². The molecule has 1 amide bonds. The maximum absolute atomic E-state index is 12.1. The van der Waals surface area contributed by atoms with Crippen LogP contribution in [0.1, 0.15) is 34.2 Å². The fourth-order valence-electron chi connectivity index (χ4n) is 2.79. The van der Waals surface area contributed by atoms with Crippen molar-refractivity contribution in [2.24, 2.45) is 0 Å². The number of rotatable bonds is 7. The summed E-state index contributed by atoms with van der Waals surface area (Å²) < 4.78 is 0. The van der Waals surface area contributed by atoms with E-state index in [0.29, 0.717) is 13.0 Å². The summed E-state index contributed by atoms with van der Waals surface area (Å²) in [5.41, 5.74) is 6.20. The lowest BCUT2D eigenvalue weighted by atomic mass is 10.0. The molecule has 0 unspecified atom stereocenters. The van der Waals surface area contributed by atoms with Crippen molar-refractivity contribution in [3.8, 4) is 0 Å². The summed E-state index contributed by atoms with van der Waals surface area (Å²) >= 11 is 0. The predicted molar refractivity (Wildman–Crippen MR) is 99.9 cm³/mol. The van der Waals surface area contributed by atoms with Crippen molar-refractivity contribution >= 4 is 5.91 Å². The zero-order chi connectivity index (χ0) is 17.5. The van der Waals surface area contributed by atoms with Crippen LogP contribution in [0.3, 0.4) is 0 Å². The number of hydrogen-bond donors (Lipinski definition) is 1. The lowest BCUT2D eigenvalue weighted by Crippen LogP contribution is -2.23. The molecule has 0 aliphatic carbocycles. The Morgan fingerprint density at radius 2 is 1.67 bits per heavy atom. The van der Waals surface area contributed by atoms with Gasteiger partial charge in [0.25, 0.3) is 0 Å². The Labute approximate surface area is 145 Å². The number of hydrogen-bond acceptors (Lipinski definition) is 2. The van der Waals surface area contributed by atoms with Crippen molar-refractivity contribution in [2.45, 2.75) is 39.8 Å². The van der Waals surface area contributed by atoms with Crippen molar-refractivity contribution in [3.05, 3.63) is 70.3 Å². The fraction of sp³-hybridized carbons (Fsp3) is 0.381.